The SMILES string of the molecule is CC(C)(C)OC(=O)N[C@H]1CCC[C@@H](C(=O)N2CCN(c3ncc(C(F)(F)F)cn3)CC2)C1. The molecule has 8 nitrogen and oxygen atoms in total. The van der Waals surface area contributed by atoms with Crippen LogP contribution in [0.3, 0.4) is 0 Å². The summed E-state index contributed by atoms with van der Waals surface area (Å²) < 4.78 is 43.3. The first kappa shape index (κ1) is 24.1. The van der Waals surface area contributed by atoms with E-state index < -0.39 is 23.4 Å². The summed E-state index contributed by atoms with van der Waals surface area (Å²) in [5.74, 6) is 0.107. The molecule has 1 aliphatic heterocycles. The molecule has 1 aromatic rings. The first-order valence-electron chi connectivity index (χ1n) is 10.8. The third-order valence-electron chi connectivity index (χ3n) is 5.58. The van der Waals surface area contributed by atoms with E-state index >= 15 is 0 Å². The van der Waals surface area contributed by atoms with Crippen molar-refractivity contribution in [1.29, 1.82) is 0 Å². The molecular weight excluding hydrogens is 427 g/mol. The van der Waals surface area contributed by atoms with E-state index in [0.717, 1.165) is 31.7 Å². The van der Waals surface area contributed by atoms with Crippen LogP contribution in [-0.2, 0) is 15.7 Å². The zero-order chi connectivity index (χ0) is 23.5. The van der Waals surface area contributed by atoms with Crippen molar-refractivity contribution in [1.82, 2.24) is 20.2 Å². The Morgan fingerprint density at radius 1 is 1.06 bits per heavy atom. The van der Waals surface area contributed by atoms with Gasteiger partial charge in [0.25, 0.3) is 0 Å². The standard InChI is InChI=1S/C21H30F3N5O3/c1-20(2,3)32-19(31)27-16-6-4-5-14(11-16)17(30)28-7-9-29(10-8-28)18-25-12-15(13-26-18)21(22,23)24/h12-14,16H,4-11H2,1-3H3,(H,27,31)/t14-,16+/m1/s1. The lowest BCUT2D eigenvalue weighted by atomic mass is 9.84. The van der Waals surface area contributed by atoms with Gasteiger partial charge >= 0.3 is 12.3 Å². The number of alkyl carbamates (subject to hydrolysis) is 1. The van der Waals surface area contributed by atoms with Gasteiger partial charge < -0.3 is 19.9 Å². The number of aromatic nitrogens is 2. The smallest absolute Gasteiger partial charge is 0.419 e. The number of alkyl halides is 3. The Hall–Kier alpha value is -2.59. The van der Waals surface area contributed by atoms with Crippen LogP contribution in [0.4, 0.5) is 23.9 Å². The number of anilines is 1. The number of nitrogens with one attached hydrogen (secondary N) is 1. The number of carbonyl (C=O) groups excluding carboxylic acids is 2. The van der Waals surface area contributed by atoms with E-state index in [-0.39, 0.29) is 23.8 Å². The summed E-state index contributed by atoms with van der Waals surface area (Å²) >= 11 is 0. The van der Waals surface area contributed by atoms with Gasteiger partial charge in [0.15, 0.2) is 0 Å². The van der Waals surface area contributed by atoms with Gasteiger partial charge in [-0.25, -0.2) is 14.8 Å². The molecule has 32 heavy (non-hydrogen) atoms. The van der Waals surface area contributed by atoms with E-state index in [4.69, 9.17) is 4.74 Å². The van der Waals surface area contributed by atoms with E-state index in [2.05, 4.69) is 15.3 Å². The molecule has 2 heterocycles. The summed E-state index contributed by atoms with van der Waals surface area (Å²) in [5.41, 5.74) is -1.47. The normalized spacial score (nSPS) is 22.4. The van der Waals surface area contributed by atoms with E-state index in [1.54, 1.807) is 30.6 Å². The van der Waals surface area contributed by atoms with Crippen molar-refractivity contribution < 1.29 is 27.5 Å². The average molecular weight is 457 g/mol. The van der Waals surface area contributed by atoms with Crippen molar-refractivity contribution in [3.63, 3.8) is 0 Å². The Labute approximate surface area is 185 Å². The molecule has 1 aromatic heterocycles. The number of hydrogen-bond donors (Lipinski definition) is 1. The van der Waals surface area contributed by atoms with Crippen molar-refractivity contribution in [2.75, 3.05) is 31.1 Å². The second kappa shape index (κ2) is 9.50. The largest absolute Gasteiger partial charge is 0.444 e. The highest BCUT2D eigenvalue weighted by molar-refractivity contribution is 5.79. The second-order valence-electron chi connectivity index (χ2n) is 9.29. The van der Waals surface area contributed by atoms with E-state index in [1.807, 2.05) is 0 Å². The van der Waals surface area contributed by atoms with Gasteiger partial charge in [-0.2, -0.15) is 13.2 Å². The van der Waals surface area contributed by atoms with E-state index in [9.17, 15) is 22.8 Å². The van der Waals surface area contributed by atoms with Gasteiger partial charge in [-0.05, 0) is 40.0 Å². The maximum atomic E-state index is 13.0. The van der Waals surface area contributed by atoms with Crippen LogP contribution in [0.2, 0.25) is 0 Å². The quantitative estimate of drug-likeness (QED) is 0.750. The molecule has 2 aliphatic rings. The van der Waals surface area contributed by atoms with E-state index in [1.165, 1.54) is 0 Å². The van der Waals surface area contributed by atoms with Crippen LogP contribution in [0, 0.1) is 5.92 Å². The summed E-state index contributed by atoms with van der Waals surface area (Å²) in [7, 11) is 0. The Morgan fingerprint density at radius 2 is 1.69 bits per heavy atom. The third kappa shape index (κ3) is 6.46. The number of piperazine rings is 1. The molecule has 1 saturated heterocycles. The molecule has 0 aromatic carbocycles. The molecule has 2 fully saturated rings. The van der Waals surface area contributed by atoms with Crippen molar-refractivity contribution in [2.45, 2.75) is 64.3 Å². The highest BCUT2D eigenvalue weighted by Gasteiger charge is 2.34. The summed E-state index contributed by atoms with van der Waals surface area (Å²) in [6.45, 7) is 7.19. The summed E-state index contributed by atoms with van der Waals surface area (Å²) in [6, 6.07) is -0.102. The van der Waals surface area contributed by atoms with Crippen molar-refractivity contribution in [2.24, 2.45) is 5.92 Å². The fourth-order valence-corrected chi connectivity index (χ4v) is 4.04. The van der Waals surface area contributed by atoms with Crippen LogP contribution in [0.15, 0.2) is 12.4 Å². The number of halogens is 3. The van der Waals surface area contributed by atoms with Crippen LogP contribution in [0.5, 0.6) is 0 Å². The van der Waals surface area contributed by atoms with Crippen LogP contribution >= 0.6 is 0 Å². The number of carbonyl (C=O) groups is 2. The van der Waals surface area contributed by atoms with Gasteiger partial charge in [-0.15, -0.1) is 0 Å². The molecule has 0 bridgehead atoms. The van der Waals surface area contributed by atoms with Crippen LogP contribution in [-0.4, -0.2) is 64.7 Å². The lowest BCUT2D eigenvalue weighted by Gasteiger charge is -2.38. The molecule has 2 atom stereocenters. The van der Waals surface area contributed by atoms with Crippen LogP contribution in [0.1, 0.15) is 52.0 Å². The van der Waals surface area contributed by atoms with Gasteiger partial charge in [-0.3, -0.25) is 4.79 Å². The monoisotopic (exact) mass is 457 g/mol. The van der Waals surface area contributed by atoms with Gasteiger partial charge in [0.2, 0.25) is 11.9 Å². The molecule has 178 valence electrons. The number of rotatable bonds is 3. The minimum atomic E-state index is -4.47. The van der Waals surface area contributed by atoms with E-state index in [0.29, 0.717) is 32.6 Å². The fourth-order valence-electron chi connectivity index (χ4n) is 4.04. The Bertz CT molecular complexity index is 802. The molecule has 0 unspecified atom stereocenters. The first-order valence-corrected chi connectivity index (χ1v) is 10.8. The lowest BCUT2D eigenvalue weighted by molar-refractivity contribution is -0.138. The minimum Gasteiger partial charge on any atom is -0.444 e. The molecular formula is C21H30F3N5O3. The summed E-state index contributed by atoms with van der Waals surface area (Å²) in [4.78, 5) is 36.3. The van der Waals surface area contributed by atoms with Gasteiger partial charge in [0, 0.05) is 50.5 Å². The number of nitrogens with zero attached hydrogens (tertiary/aromatic N) is 4. The average Bonchev–Trinajstić information content (AvgIpc) is 2.71. The van der Waals surface area contributed by atoms with Crippen molar-refractivity contribution >= 4 is 17.9 Å². The van der Waals surface area contributed by atoms with Gasteiger partial charge in [0.05, 0.1) is 5.56 Å². The summed E-state index contributed by atoms with van der Waals surface area (Å²) in [5, 5.41) is 2.87. The fraction of sp³-hybridized carbons (Fsp3) is 0.714. The maximum absolute atomic E-state index is 13.0. The molecule has 2 amide bonds. The number of hydrogen-bond acceptors (Lipinski definition) is 6. The van der Waals surface area contributed by atoms with Crippen molar-refractivity contribution in [3.05, 3.63) is 18.0 Å². The second-order valence-corrected chi connectivity index (χ2v) is 9.29. The topological polar surface area (TPSA) is 87.7 Å². The molecule has 1 aliphatic carbocycles. The molecule has 1 N–H and O–H groups in total. The van der Waals surface area contributed by atoms with Gasteiger partial charge in [-0.1, -0.05) is 6.42 Å². The van der Waals surface area contributed by atoms with Gasteiger partial charge in [0.1, 0.15) is 5.60 Å². The van der Waals surface area contributed by atoms with Crippen LogP contribution in [0.25, 0.3) is 0 Å². The zero-order valence-corrected chi connectivity index (χ0v) is 18.6. The highest BCUT2D eigenvalue weighted by Crippen LogP contribution is 2.29. The Balaban J connectivity index is 1.50. The maximum Gasteiger partial charge on any atom is 0.419 e. The molecule has 1 saturated carbocycles. The number of ether oxygens (including phenoxy) is 1. The highest BCUT2D eigenvalue weighted by atomic mass is 19.4. The number of amides is 2. The predicted octanol–water partition coefficient (Wildman–Crippen LogP) is 3.23. The first-order chi connectivity index (χ1) is 14.9. The lowest BCUT2D eigenvalue weighted by Crippen LogP contribution is -2.52. The van der Waals surface area contributed by atoms with Crippen molar-refractivity contribution in [3.8, 4) is 0 Å². The molecule has 3 rings (SSSR count). The third-order valence-corrected chi connectivity index (χ3v) is 5.58. The molecule has 11 heteroatoms. The Morgan fingerprint density at radius 3 is 2.25 bits per heavy atom. The molecule has 0 spiro atoms. The summed E-state index contributed by atoms with van der Waals surface area (Å²) in [6.07, 6.45) is -0.397. The Kier molecular flexibility index (Phi) is 7.14. The molecule has 0 radical (unpaired) electrons. The minimum absolute atomic E-state index is 0.0497. The zero-order valence-electron chi connectivity index (χ0n) is 18.6. The predicted molar refractivity (Wildman–Crippen MR) is 111 cm³/mol. The van der Waals surface area contributed by atoms with Crippen LogP contribution < -0.4 is 10.2 Å².